The summed E-state index contributed by atoms with van der Waals surface area (Å²) >= 11 is 0. The van der Waals surface area contributed by atoms with Gasteiger partial charge in [0.25, 0.3) is 0 Å². The van der Waals surface area contributed by atoms with Crippen LogP contribution in [0.5, 0.6) is 0 Å². The first-order chi connectivity index (χ1) is 9.58. The van der Waals surface area contributed by atoms with Gasteiger partial charge in [-0.3, -0.25) is 4.68 Å². The van der Waals surface area contributed by atoms with Crippen LogP contribution >= 0.6 is 0 Å². The van der Waals surface area contributed by atoms with E-state index in [1.165, 1.54) is 28.8 Å². The molecule has 0 bridgehead atoms. The van der Waals surface area contributed by atoms with Crippen LogP contribution in [0.25, 0.3) is 0 Å². The first kappa shape index (κ1) is 13.4. The molecule has 0 radical (unpaired) electrons. The summed E-state index contributed by atoms with van der Waals surface area (Å²) in [5, 5.41) is 8.19. The molecule has 1 aromatic carbocycles. The molecular weight excluding hydrogens is 246 g/mol. The Balaban J connectivity index is 1.65. The maximum Gasteiger partial charge on any atom is 0.0644 e. The Morgan fingerprint density at radius 1 is 1.35 bits per heavy atom. The molecule has 0 fully saturated rings. The van der Waals surface area contributed by atoms with E-state index in [1.54, 1.807) is 0 Å². The Morgan fingerprint density at radius 3 is 2.75 bits per heavy atom. The second-order valence-corrected chi connectivity index (χ2v) is 5.94. The number of hydrogen-bond donors (Lipinski definition) is 1. The second-order valence-electron chi connectivity index (χ2n) is 5.94. The molecule has 3 rings (SSSR count). The number of benzene rings is 1. The molecule has 0 spiro atoms. The van der Waals surface area contributed by atoms with Gasteiger partial charge in [-0.25, -0.2) is 0 Å². The zero-order valence-corrected chi connectivity index (χ0v) is 12.8. The summed E-state index contributed by atoms with van der Waals surface area (Å²) in [7, 11) is 2.01. The van der Waals surface area contributed by atoms with Gasteiger partial charge in [-0.15, -0.1) is 0 Å². The van der Waals surface area contributed by atoms with E-state index in [0.29, 0.717) is 12.0 Å². The Bertz CT molecular complexity index is 627. The molecule has 2 atom stereocenters. The lowest BCUT2D eigenvalue weighted by molar-refractivity contribution is 0.487. The number of hydrogen-bond acceptors (Lipinski definition) is 2. The summed E-state index contributed by atoms with van der Waals surface area (Å²) in [6.45, 7) is 7.53. The van der Waals surface area contributed by atoms with Crippen molar-refractivity contribution in [1.29, 1.82) is 0 Å². The highest BCUT2D eigenvalue weighted by Crippen LogP contribution is 2.34. The SMILES string of the molecule is Cc1nn(C)c(C)c1C(C)NCC1Cc2ccccc21. The summed E-state index contributed by atoms with van der Waals surface area (Å²) in [6, 6.07) is 9.13. The van der Waals surface area contributed by atoms with Gasteiger partial charge < -0.3 is 5.32 Å². The highest BCUT2D eigenvalue weighted by molar-refractivity contribution is 5.40. The number of nitrogens with one attached hydrogen (secondary N) is 1. The Labute approximate surface area is 121 Å². The molecule has 3 heteroatoms. The monoisotopic (exact) mass is 269 g/mol. The van der Waals surface area contributed by atoms with Crippen LogP contribution in [0, 0.1) is 13.8 Å². The molecule has 1 heterocycles. The zero-order valence-electron chi connectivity index (χ0n) is 12.8. The third-order valence-corrected chi connectivity index (χ3v) is 4.63. The van der Waals surface area contributed by atoms with Crippen molar-refractivity contribution in [3.8, 4) is 0 Å². The molecule has 0 saturated heterocycles. The van der Waals surface area contributed by atoms with E-state index in [9.17, 15) is 0 Å². The summed E-state index contributed by atoms with van der Waals surface area (Å²) in [4.78, 5) is 0. The summed E-state index contributed by atoms with van der Waals surface area (Å²) in [5.41, 5.74) is 6.78. The van der Waals surface area contributed by atoms with E-state index < -0.39 is 0 Å². The van der Waals surface area contributed by atoms with Crippen molar-refractivity contribution in [2.75, 3.05) is 6.54 Å². The van der Waals surface area contributed by atoms with Gasteiger partial charge >= 0.3 is 0 Å². The lowest BCUT2D eigenvalue weighted by Crippen LogP contribution is -2.31. The van der Waals surface area contributed by atoms with Crippen molar-refractivity contribution in [1.82, 2.24) is 15.1 Å². The van der Waals surface area contributed by atoms with Crippen LogP contribution in [0.3, 0.4) is 0 Å². The van der Waals surface area contributed by atoms with Gasteiger partial charge in [0.1, 0.15) is 0 Å². The molecule has 1 N–H and O–H groups in total. The topological polar surface area (TPSA) is 29.9 Å². The van der Waals surface area contributed by atoms with Crippen LogP contribution < -0.4 is 5.32 Å². The van der Waals surface area contributed by atoms with Gasteiger partial charge in [0.05, 0.1) is 5.69 Å². The van der Waals surface area contributed by atoms with Crippen molar-refractivity contribution < 1.29 is 0 Å². The van der Waals surface area contributed by atoms with Crippen molar-refractivity contribution in [3.05, 3.63) is 52.3 Å². The van der Waals surface area contributed by atoms with Gasteiger partial charge in [-0.2, -0.15) is 5.10 Å². The van der Waals surface area contributed by atoms with Gasteiger partial charge in [0.15, 0.2) is 0 Å². The first-order valence-electron chi connectivity index (χ1n) is 7.39. The molecule has 1 aliphatic carbocycles. The molecule has 2 unspecified atom stereocenters. The standard InChI is InChI=1S/C17H23N3/c1-11(17-12(2)19-20(4)13(17)3)18-10-15-9-14-7-5-6-8-16(14)15/h5-8,11,15,18H,9-10H2,1-4H3. The number of fused-ring (bicyclic) bond motifs is 1. The summed E-state index contributed by atoms with van der Waals surface area (Å²) < 4.78 is 1.97. The van der Waals surface area contributed by atoms with Crippen LogP contribution in [0.1, 0.15) is 47.0 Å². The largest absolute Gasteiger partial charge is 0.309 e. The Morgan fingerprint density at radius 2 is 2.10 bits per heavy atom. The highest BCUT2D eigenvalue weighted by Gasteiger charge is 2.26. The summed E-state index contributed by atoms with van der Waals surface area (Å²) in [6.07, 6.45) is 1.21. The minimum atomic E-state index is 0.358. The van der Waals surface area contributed by atoms with E-state index in [0.717, 1.165) is 12.2 Å². The van der Waals surface area contributed by atoms with Gasteiger partial charge in [0.2, 0.25) is 0 Å². The molecule has 0 aliphatic heterocycles. The lowest BCUT2D eigenvalue weighted by atomic mass is 9.77. The molecule has 1 aliphatic rings. The summed E-state index contributed by atoms with van der Waals surface area (Å²) in [5.74, 6) is 0.672. The van der Waals surface area contributed by atoms with E-state index in [4.69, 9.17) is 0 Å². The third-order valence-electron chi connectivity index (χ3n) is 4.63. The van der Waals surface area contributed by atoms with Crippen LogP contribution in [-0.2, 0) is 13.5 Å². The normalized spacial score (nSPS) is 18.5. The van der Waals surface area contributed by atoms with Gasteiger partial charge in [-0.1, -0.05) is 24.3 Å². The van der Waals surface area contributed by atoms with Gasteiger partial charge in [0, 0.05) is 36.8 Å². The maximum atomic E-state index is 4.51. The van der Waals surface area contributed by atoms with Crippen molar-refractivity contribution in [2.45, 2.75) is 39.2 Å². The molecule has 106 valence electrons. The van der Waals surface area contributed by atoms with Crippen LogP contribution in [0.2, 0.25) is 0 Å². The maximum absolute atomic E-state index is 4.51. The van der Waals surface area contributed by atoms with Crippen molar-refractivity contribution >= 4 is 0 Å². The molecular formula is C17H23N3. The third kappa shape index (κ3) is 2.16. The van der Waals surface area contributed by atoms with Crippen LogP contribution in [0.15, 0.2) is 24.3 Å². The zero-order chi connectivity index (χ0) is 14.3. The van der Waals surface area contributed by atoms with E-state index in [1.807, 2.05) is 11.7 Å². The lowest BCUT2D eigenvalue weighted by Gasteiger charge is -2.31. The molecule has 20 heavy (non-hydrogen) atoms. The smallest absolute Gasteiger partial charge is 0.0644 e. The molecule has 0 saturated carbocycles. The highest BCUT2D eigenvalue weighted by atomic mass is 15.3. The average molecular weight is 269 g/mol. The van der Waals surface area contributed by atoms with Crippen molar-refractivity contribution in [2.24, 2.45) is 7.05 Å². The van der Waals surface area contributed by atoms with Gasteiger partial charge in [-0.05, 0) is 38.3 Å². The number of aromatic nitrogens is 2. The number of rotatable bonds is 4. The minimum Gasteiger partial charge on any atom is -0.309 e. The predicted molar refractivity (Wildman–Crippen MR) is 82.0 cm³/mol. The fourth-order valence-corrected chi connectivity index (χ4v) is 3.38. The Hall–Kier alpha value is -1.61. The average Bonchev–Trinajstić information content (AvgIpc) is 2.64. The van der Waals surface area contributed by atoms with E-state index >= 15 is 0 Å². The molecule has 2 aromatic rings. The predicted octanol–water partition coefficient (Wildman–Crippen LogP) is 3.03. The molecule has 3 nitrogen and oxygen atoms in total. The fraction of sp³-hybridized carbons (Fsp3) is 0.471. The molecule has 0 amide bonds. The van der Waals surface area contributed by atoms with Crippen LogP contribution in [-0.4, -0.2) is 16.3 Å². The van der Waals surface area contributed by atoms with Crippen LogP contribution in [0.4, 0.5) is 0 Å². The molecule has 1 aromatic heterocycles. The van der Waals surface area contributed by atoms with Crippen molar-refractivity contribution in [3.63, 3.8) is 0 Å². The van der Waals surface area contributed by atoms with E-state index in [2.05, 4.69) is 55.5 Å². The fourth-order valence-electron chi connectivity index (χ4n) is 3.38. The number of nitrogens with zero attached hydrogens (tertiary/aromatic N) is 2. The number of aryl methyl sites for hydroxylation is 2. The quantitative estimate of drug-likeness (QED) is 0.924. The second kappa shape index (κ2) is 5.06. The first-order valence-corrected chi connectivity index (χ1v) is 7.39. The minimum absolute atomic E-state index is 0.358. The van der Waals surface area contributed by atoms with E-state index in [-0.39, 0.29) is 0 Å². The Kier molecular flexibility index (Phi) is 3.38.